The molecule has 26 heavy (non-hydrogen) atoms. The van der Waals surface area contributed by atoms with Crippen molar-refractivity contribution >= 4 is 41.0 Å². The number of hydrogen-bond acceptors (Lipinski definition) is 7. The van der Waals surface area contributed by atoms with E-state index >= 15 is 0 Å². The van der Waals surface area contributed by atoms with E-state index in [-0.39, 0.29) is 18.6 Å². The number of aromatic nitrogens is 4. The molecule has 1 aliphatic heterocycles. The van der Waals surface area contributed by atoms with Crippen LogP contribution in [0.2, 0.25) is 0 Å². The Kier molecular flexibility index (Phi) is 4.81. The first kappa shape index (κ1) is 16.9. The predicted molar refractivity (Wildman–Crippen MR) is 105 cm³/mol. The number of allylic oxidation sites excluding steroid dienone is 2. The van der Waals surface area contributed by atoms with E-state index in [9.17, 15) is 0 Å². The number of H-pyrrole nitrogens is 1. The summed E-state index contributed by atoms with van der Waals surface area (Å²) in [6.07, 6.45) is 11.1. The van der Waals surface area contributed by atoms with Crippen LogP contribution < -0.4 is 0 Å². The van der Waals surface area contributed by atoms with Gasteiger partial charge in [-0.25, -0.2) is 9.97 Å². The third kappa shape index (κ3) is 3.27. The normalized spacial score (nSPS) is 22.9. The van der Waals surface area contributed by atoms with Gasteiger partial charge in [-0.3, -0.25) is 19.8 Å². The third-order valence-corrected chi connectivity index (χ3v) is 5.27. The van der Waals surface area contributed by atoms with Gasteiger partial charge in [0, 0.05) is 12.4 Å². The molecule has 4 rings (SSSR count). The Labute approximate surface area is 154 Å². The minimum absolute atomic E-state index is 0.0113. The van der Waals surface area contributed by atoms with Crippen LogP contribution in [0.1, 0.15) is 11.6 Å². The molecule has 134 valence electrons. The van der Waals surface area contributed by atoms with E-state index in [2.05, 4.69) is 43.3 Å². The van der Waals surface area contributed by atoms with Crippen LogP contribution in [0.5, 0.6) is 0 Å². The van der Waals surface area contributed by atoms with Gasteiger partial charge in [0.25, 0.3) is 0 Å². The molecule has 2 aromatic rings. The van der Waals surface area contributed by atoms with Gasteiger partial charge in [-0.2, -0.15) is 0 Å². The molecule has 2 aliphatic rings. The Bertz CT molecular complexity index is 923. The molecule has 0 radical (unpaired) electrons. The maximum atomic E-state index is 8.83. The topological polar surface area (TPSA) is 115 Å². The van der Waals surface area contributed by atoms with Crippen molar-refractivity contribution in [1.82, 2.24) is 19.7 Å². The van der Waals surface area contributed by atoms with Crippen molar-refractivity contribution in [3.63, 3.8) is 0 Å². The summed E-state index contributed by atoms with van der Waals surface area (Å²) in [7, 11) is 0. The molecular formula is C17H19N7OS. The van der Waals surface area contributed by atoms with Gasteiger partial charge in [-0.05, 0) is 5.57 Å². The maximum Gasteiger partial charge on any atom is 0.192 e. The second-order valence-corrected chi connectivity index (χ2v) is 7.11. The largest absolute Gasteiger partial charge is 0.394 e. The van der Waals surface area contributed by atoms with Crippen LogP contribution >= 0.6 is 11.8 Å². The Morgan fingerprint density at radius 1 is 1.50 bits per heavy atom. The van der Waals surface area contributed by atoms with E-state index in [1.807, 2.05) is 10.2 Å². The van der Waals surface area contributed by atoms with E-state index in [1.54, 1.807) is 24.2 Å². The summed E-state index contributed by atoms with van der Waals surface area (Å²) >= 11 is 1.74. The van der Waals surface area contributed by atoms with Gasteiger partial charge in [0.05, 0.1) is 54.3 Å². The fourth-order valence-electron chi connectivity index (χ4n) is 2.93. The molecule has 8 nitrogen and oxygen atoms in total. The molecule has 1 aliphatic carbocycles. The van der Waals surface area contributed by atoms with Crippen molar-refractivity contribution in [3.8, 4) is 0 Å². The van der Waals surface area contributed by atoms with Gasteiger partial charge < -0.3 is 10.5 Å². The van der Waals surface area contributed by atoms with Crippen molar-refractivity contribution in [2.45, 2.75) is 23.8 Å². The number of rotatable bonds is 7. The van der Waals surface area contributed by atoms with Gasteiger partial charge in [0.1, 0.15) is 0 Å². The van der Waals surface area contributed by atoms with Crippen LogP contribution in [0.4, 0.5) is 0 Å². The molecule has 0 fully saturated rings. The Balaban J connectivity index is 1.53. The number of aliphatic hydroxyl groups excluding tert-OH is 1. The molecule has 0 saturated carbocycles. The number of thioether (sulfide) groups is 1. The first-order valence-corrected chi connectivity index (χ1v) is 9.31. The molecule has 3 atom stereocenters. The number of fused-ring (bicyclic) bond motifs is 2. The molecule has 3 unspecified atom stereocenters. The highest BCUT2D eigenvalue weighted by Gasteiger charge is 2.24. The molecule has 2 aromatic heterocycles. The van der Waals surface area contributed by atoms with Gasteiger partial charge in [-0.15, -0.1) is 11.8 Å². The van der Waals surface area contributed by atoms with Crippen molar-refractivity contribution in [2.24, 2.45) is 9.98 Å². The fraction of sp³-hybridized carbons (Fsp3) is 0.353. The van der Waals surface area contributed by atoms with Crippen LogP contribution in [0.25, 0.3) is 11.3 Å². The lowest BCUT2D eigenvalue weighted by Gasteiger charge is -2.20. The lowest BCUT2D eigenvalue weighted by Crippen LogP contribution is -2.20. The number of nitrogens with zero attached hydrogens (tertiary/aromatic N) is 5. The highest BCUT2D eigenvalue weighted by molar-refractivity contribution is 8.13. The highest BCUT2D eigenvalue weighted by Crippen LogP contribution is 2.29. The van der Waals surface area contributed by atoms with Gasteiger partial charge in [0.2, 0.25) is 0 Å². The van der Waals surface area contributed by atoms with Crippen molar-refractivity contribution in [3.05, 3.63) is 35.7 Å². The van der Waals surface area contributed by atoms with Crippen LogP contribution in [0, 0.1) is 5.41 Å². The molecule has 0 spiro atoms. The molecule has 0 saturated heterocycles. The van der Waals surface area contributed by atoms with Crippen molar-refractivity contribution in [1.29, 1.82) is 5.41 Å². The smallest absolute Gasteiger partial charge is 0.192 e. The van der Waals surface area contributed by atoms with Gasteiger partial charge >= 0.3 is 0 Å². The van der Waals surface area contributed by atoms with Crippen LogP contribution in [0.3, 0.4) is 0 Å². The Hall–Kier alpha value is -2.52. The zero-order valence-corrected chi connectivity index (χ0v) is 14.8. The summed E-state index contributed by atoms with van der Waals surface area (Å²) in [6, 6.07) is 0.262. The standard InChI is InChI=1S/C17H19N7OS/c18-6-12(7-19-3-4-25)14-8-20-16-17(22-14)24(23-16)9-11-1-2-13-15(5-11)26-10-21-13/h1-2,5-8,10,12-13,15,18,25H,3-4,9H2,(H,20,23). The van der Waals surface area contributed by atoms with Crippen molar-refractivity contribution < 1.29 is 5.11 Å². The second-order valence-electron chi connectivity index (χ2n) is 6.08. The van der Waals surface area contributed by atoms with E-state index in [4.69, 9.17) is 10.5 Å². The number of aliphatic hydroxyl groups is 1. The fourth-order valence-corrected chi connectivity index (χ4v) is 3.85. The Morgan fingerprint density at radius 2 is 2.42 bits per heavy atom. The first-order valence-electron chi connectivity index (χ1n) is 8.37. The summed E-state index contributed by atoms with van der Waals surface area (Å²) in [5.41, 5.74) is 5.31. The molecule has 3 heterocycles. The zero-order chi connectivity index (χ0) is 17.9. The minimum atomic E-state index is -0.344. The summed E-state index contributed by atoms with van der Waals surface area (Å²) in [6.45, 7) is 1.00. The summed E-state index contributed by atoms with van der Waals surface area (Å²) in [5, 5.41) is 20.0. The first-order chi connectivity index (χ1) is 12.8. The SMILES string of the molecule is N=CC(C=NCCO)c1cnc2[nH]n(CC3=CC4SC=NC4C=C3)c2n1. The Morgan fingerprint density at radius 3 is 3.27 bits per heavy atom. The third-order valence-electron chi connectivity index (χ3n) is 4.30. The molecular weight excluding hydrogens is 350 g/mol. The summed E-state index contributed by atoms with van der Waals surface area (Å²) in [4.78, 5) is 17.5. The molecule has 0 aromatic carbocycles. The van der Waals surface area contributed by atoms with Crippen LogP contribution in [0.15, 0.2) is 40.0 Å². The average Bonchev–Trinajstić information content (AvgIpc) is 3.11. The van der Waals surface area contributed by atoms with E-state index < -0.39 is 0 Å². The number of hydrogen-bond donors (Lipinski definition) is 3. The van der Waals surface area contributed by atoms with E-state index in [0.717, 1.165) is 11.3 Å². The van der Waals surface area contributed by atoms with Crippen molar-refractivity contribution in [2.75, 3.05) is 13.2 Å². The number of nitrogens with one attached hydrogen (secondary N) is 2. The second kappa shape index (κ2) is 7.38. The minimum Gasteiger partial charge on any atom is -0.394 e. The number of aromatic amines is 1. The monoisotopic (exact) mass is 369 g/mol. The number of aliphatic imine (C=N–C) groups is 2. The molecule has 9 heteroatoms. The van der Waals surface area contributed by atoms with Gasteiger partial charge in [0.15, 0.2) is 11.3 Å². The molecule has 3 N–H and O–H groups in total. The maximum absolute atomic E-state index is 8.83. The predicted octanol–water partition coefficient (Wildman–Crippen LogP) is 1.56. The lowest BCUT2D eigenvalue weighted by atomic mass is 10.0. The molecule has 0 bridgehead atoms. The summed E-state index contributed by atoms with van der Waals surface area (Å²) in [5.74, 6) is -0.344. The highest BCUT2D eigenvalue weighted by atomic mass is 32.2. The van der Waals surface area contributed by atoms with E-state index in [0.29, 0.717) is 24.0 Å². The lowest BCUT2D eigenvalue weighted by molar-refractivity contribution is 0.307. The summed E-state index contributed by atoms with van der Waals surface area (Å²) < 4.78 is 1.95. The quantitative estimate of drug-likeness (QED) is 0.642. The average molecular weight is 369 g/mol. The molecule has 0 amide bonds. The van der Waals surface area contributed by atoms with Crippen LogP contribution in [-0.2, 0) is 6.54 Å². The van der Waals surface area contributed by atoms with Crippen LogP contribution in [-0.4, -0.2) is 67.3 Å². The van der Waals surface area contributed by atoms with Gasteiger partial charge in [-0.1, -0.05) is 18.2 Å². The van der Waals surface area contributed by atoms with E-state index in [1.165, 1.54) is 11.8 Å². The zero-order valence-electron chi connectivity index (χ0n) is 14.0.